The quantitative estimate of drug-likeness (QED) is 0.525. The van der Waals surface area contributed by atoms with Crippen molar-refractivity contribution in [2.45, 2.75) is 37.6 Å². The first kappa shape index (κ1) is 20.3. The summed E-state index contributed by atoms with van der Waals surface area (Å²) in [6, 6.07) is 9.51. The van der Waals surface area contributed by atoms with Crippen molar-refractivity contribution in [3.8, 4) is 11.9 Å². The van der Waals surface area contributed by atoms with Crippen LogP contribution < -0.4 is 9.47 Å². The second-order valence-electron chi connectivity index (χ2n) is 8.07. The highest BCUT2D eigenvalue weighted by molar-refractivity contribution is 6.30. The van der Waals surface area contributed by atoms with Gasteiger partial charge < -0.3 is 9.47 Å². The Bertz CT molecular complexity index is 1100. The Hall–Kier alpha value is -2.58. The topological polar surface area (TPSA) is 60.4 Å². The molecule has 9 heteroatoms. The van der Waals surface area contributed by atoms with Gasteiger partial charge in [0.25, 0.3) is 0 Å². The molecule has 1 aromatic carbocycles. The van der Waals surface area contributed by atoms with E-state index in [-0.39, 0.29) is 41.3 Å². The van der Waals surface area contributed by atoms with E-state index in [0.717, 1.165) is 24.9 Å². The fourth-order valence-electron chi connectivity index (χ4n) is 4.54. The van der Waals surface area contributed by atoms with Crippen molar-refractivity contribution in [1.82, 2.24) is 19.9 Å². The molecule has 31 heavy (non-hydrogen) atoms. The molecule has 2 aliphatic rings. The highest BCUT2D eigenvalue weighted by Gasteiger charge is 2.49. The van der Waals surface area contributed by atoms with Crippen molar-refractivity contribution in [3.63, 3.8) is 0 Å². The van der Waals surface area contributed by atoms with Crippen molar-refractivity contribution in [1.29, 1.82) is 0 Å². The molecule has 2 aromatic heterocycles. The first-order valence-corrected chi connectivity index (χ1v) is 10.6. The monoisotopic (exact) mass is 446 g/mol. The van der Waals surface area contributed by atoms with Crippen LogP contribution in [0.3, 0.4) is 0 Å². The van der Waals surface area contributed by atoms with Gasteiger partial charge in [-0.05, 0) is 24.9 Å². The second-order valence-corrected chi connectivity index (χ2v) is 8.43. The Morgan fingerprint density at radius 3 is 2.87 bits per heavy atom. The maximum Gasteiger partial charge on any atom is 0.320 e. The van der Waals surface area contributed by atoms with Crippen LogP contribution in [-0.2, 0) is 6.61 Å². The van der Waals surface area contributed by atoms with E-state index in [9.17, 15) is 8.78 Å². The summed E-state index contributed by atoms with van der Waals surface area (Å²) in [7, 11) is 0. The summed E-state index contributed by atoms with van der Waals surface area (Å²) in [5, 5.41) is 0.0123. The number of alkyl halides is 1. The Balaban J connectivity index is 1.44. The number of nitrogens with zero attached hydrogens (tertiary/aromatic N) is 4. The number of pyridine rings is 1. The number of halogens is 3. The van der Waals surface area contributed by atoms with Gasteiger partial charge in [-0.2, -0.15) is 9.97 Å². The average Bonchev–Trinajstić information content (AvgIpc) is 3.30. The van der Waals surface area contributed by atoms with Gasteiger partial charge in [-0.25, -0.2) is 13.8 Å². The molecule has 4 heterocycles. The predicted molar refractivity (Wildman–Crippen MR) is 112 cm³/mol. The molecule has 0 radical (unpaired) electrons. The van der Waals surface area contributed by atoms with E-state index in [0.29, 0.717) is 18.4 Å². The molecule has 0 spiro atoms. The third-order valence-electron chi connectivity index (χ3n) is 6.04. The van der Waals surface area contributed by atoms with Crippen molar-refractivity contribution >= 4 is 22.5 Å². The molecular formula is C22H21ClF2N4O2. The van der Waals surface area contributed by atoms with Crippen LogP contribution in [0, 0.1) is 5.82 Å². The lowest BCUT2D eigenvalue weighted by Crippen LogP contribution is -2.43. The van der Waals surface area contributed by atoms with Gasteiger partial charge in [-0.15, -0.1) is 0 Å². The lowest BCUT2D eigenvalue weighted by atomic mass is 9.95. The van der Waals surface area contributed by atoms with Crippen molar-refractivity contribution in [3.05, 3.63) is 53.1 Å². The fourth-order valence-corrected chi connectivity index (χ4v) is 4.67. The van der Waals surface area contributed by atoms with E-state index >= 15 is 0 Å². The predicted octanol–water partition coefficient (Wildman–Crippen LogP) is 4.35. The summed E-state index contributed by atoms with van der Waals surface area (Å²) < 4.78 is 40.5. The highest BCUT2D eigenvalue weighted by Crippen LogP contribution is 2.40. The van der Waals surface area contributed by atoms with E-state index in [1.165, 1.54) is 6.20 Å². The van der Waals surface area contributed by atoms with Crippen LogP contribution in [0.5, 0.6) is 11.9 Å². The zero-order chi connectivity index (χ0) is 21.4. The number of hydrogen-bond donors (Lipinski definition) is 0. The Morgan fingerprint density at radius 1 is 1.19 bits per heavy atom. The van der Waals surface area contributed by atoms with E-state index in [2.05, 4.69) is 19.9 Å². The van der Waals surface area contributed by atoms with Gasteiger partial charge in [0.15, 0.2) is 11.0 Å². The van der Waals surface area contributed by atoms with Gasteiger partial charge >= 0.3 is 6.01 Å². The summed E-state index contributed by atoms with van der Waals surface area (Å²) in [5.74, 6) is -0.608. The molecule has 3 aromatic rings. The summed E-state index contributed by atoms with van der Waals surface area (Å²) in [6.07, 6.45) is 2.78. The Kier molecular flexibility index (Phi) is 5.35. The van der Waals surface area contributed by atoms with Crippen molar-refractivity contribution in [2.24, 2.45) is 0 Å². The number of hydrogen-bond acceptors (Lipinski definition) is 6. The van der Waals surface area contributed by atoms with E-state index < -0.39 is 12.0 Å². The smallest absolute Gasteiger partial charge is 0.320 e. The van der Waals surface area contributed by atoms with E-state index in [1.54, 1.807) is 0 Å². The molecular weight excluding hydrogens is 426 g/mol. The fraction of sp³-hybridized carbons (Fsp3) is 0.409. The maximum absolute atomic E-state index is 14.7. The molecule has 2 atom stereocenters. The largest absolute Gasteiger partial charge is 0.472 e. The minimum Gasteiger partial charge on any atom is -0.472 e. The molecule has 0 bridgehead atoms. The van der Waals surface area contributed by atoms with Crippen LogP contribution in [0.25, 0.3) is 10.9 Å². The van der Waals surface area contributed by atoms with Gasteiger partial charge in [-0.1, -0.05) is 41.9 Å². The highest BCUT2D eigenvalue weighted by atomic mass is 35.5. The molecule has 5 rings (SSSR count). The molecule has 0 saturated carbocycles. The van der Waals surface area contributed by atoms with Gasteiger partial charge in [0.1, 0.15) is 24.9 Å². The number of benzene rings is 1. The SMILES string of the molecule is Fc1c(Cl)ncc2c(OCc3ccccc3)nc(OC[C@]34CCCN3C[C@@H](F)C4)nc12. The van der Waals surface area contributed by atoms with Gasteiger partial charge in [-0.3, -0.25) is 4.90 Å². The zero-order valence-corrected chi connectivity index (χ0v) is 17.5. The third kappa shape index (κ3) is 3.90. The van der Waals surface area contributed by atoms with Crippen LogP contribution in [0.1, 0.15) is 24.8 Å². The number of aromatic nitrogens is 3. The molecule has 6 nitrogen and oxygen atoms in total. The van der Waals surface area contributed by atoms with Crippen LogP contribution >= 0.6 is 11.6 Å². The van der Waals surface area contributed by atoms with Crippen LogP contribution in [0.2, 0.25) is 5.15 Å². The standard InChI is InChI=1S/C22H21ClF2N4O2/c23-19-17(25)18-16(10-26-19)20(30-12-14-5-2-1-3-6-14)28-21(27-18)31-13-22-7-4-8-29(22)11-15(24)9-22/h1-3,5-6,10,15H,4,7-9,11-13H2/t15-,22+/m0/s1. The molecule has 0 aliphatic carbocycles. The minimum absolute atomic E-state index is 0.0244. The summed E-state index contributed by atoms with van der Waals surface area (Å²) >= 11 is 5.86. The second kappa shape index (κ2) is 8.16. The molecule has 162 valence electrons. The molecule has 0 amide bonds. The molecule has 2 aliphatic heterocycles. The normalized spacial score (nSPS) is 23.3. The molecule has 0 N–H and O–H groups in total. The Morgan fingerprint density at radius 2 is 2.03 bits per heavy atom. The van der Waals surface area contributed by atoms with Crippen LogP contribution in [0.4, 0.5) is 8.78 Å². The van der Waals surface area contributed by atoms with Crippen molar-refractivity contribution in [2.75, 3.05) is 19.7 Å². The zero-order valence-electron chi connectivity index (χ0n) is 16.7. The van der Waals surface area contributed by atoms with Crippen molar-refractivity contribution < 1.29 is 18.3 Å². The molecule has 2 saturated heterocycles. The van der Waals surface area contributed by atoms with E-state index in [4.69, 9.17) is 21.1 Å². The number of rotatable bonds is 6. The van der Waals surface area contributed by atoms with E-state index in [1.807, 2.05) is 30.3 Å². The number of ether oxygens (including phenoxy) is 2. The van der Waals surface area contributed by atoms with Crippen LogP contribution in [0.15, 0.2) is 36.5 Å². The number of fused-ring (bicyclic) bond motifs is 2. The molecule has 0 unspecified atom stereocenters. The lowest BCUT2D eigenvalue weighted by molar-refractivity contribution is 0.106. The summed E-state index contributed by atoms with van der Waals surface area (Å²) in [6.45, 7) is 1.74. The summed E-state index contributed by atoms with van der Waals surface area (Å²) in [5.41, 5.74) is 0.542. The van der Waals surface area contributed by atoms with Gasteiger partial charge in [0, 0.05) is 19.2 Å². The van der Waals surface area contributed by atoms with Crippen LogP contribution in [-0.4, -0.2) is 51.3 Å². The molecule has 2 fully saturated rings. The Labute approximate surface area is 183 Å². The van der Waals surface area contributed by atoms with Gasteiger partial charge in [0.2, 0.25) is 5.88 Å². The average molecular weight is 447 g/mol. The minimum atomic E-state index is -0.867. The lowest BCUT2D eigenvalue weighted by Gasteiger charge is -2.30. The third-order valence-corrected chi connectivity index (χ3v) is 6.30. The first-order chi connectivity index (χ1) is 15.0. The first-order valence-electron chi connectivity index (χ1n) is 10.2. The summed E-state index contributed by atoms with van der Waals surface area (Å²) in [4.78, 5) is 14.6. The maximum atomic E-state index is 14.7. The van der Waals surface area contributed by atoms with Gasteiger partial charge in [0.05, 0.1) is 10.9 Å².